The van der Waals surface area contributed by atoms with Gasteiger partial charge in [-0.25, -0.2) is 0 Å². The first-order chi connectivity index (χ1) is 6.95. The van der Waals surface area contributed by atoms with Crippen LogP contribution in [-0.4, -0.2) is 12.9 Å². The van der Waals surface area contributed by atoms with Crippen molar-refractivity contribution in [2.24, 2.45) is 0 Å². The summed E-state index contributed by atoms with van der Waals surface area (Å²) in [6.07, 6.45) is 3.42. The molecule has 1 aliphatic rings. The molecule has 1 unspecified atom stereocenters. The first-order valence-corrected chi connectivity index (χ1v) is 5.13. The Labute approximate surface area is 103 Å². The van der Waals surface area contributed by atoms with Gasteiger partial charge in [0.05, 0.1) is 6.61 Å². The summed E-state index contributed by atoms with van der Waals surface area (Å²) in [7, 11) is 0. The van der Waals surface area contributed by atoms with E-state index >= 15 is 0 Å². The van der Waals surface area contributed by atoms with Gasteiger partial charge in [-0.3, -0.25) is 0 Å². The van der Waals surface area contributed by atoms with Crippen molar-refractivity contribution in [3.05, 3.63) is 35.9 Å². The molecule has 0 bridgehead atoms. The zero-order chi connectivity index (χ0) is 9.64. The van der Waals surface area contributed by atoms with Gasteiger partial charge in [-0.05, 0) is 19.3 Å². The molecule has 1 aliphatic heterocycles. The number of benzene rings is 1. The van der Waals surface area contributed by atoms with E-state index in [2.05, 4.69) is 6.07 Å². The largest absolute Gasteiger partial charge is 1.00 e. The molecule has 0 aliphatic carbocycles. The fraction of sp³-hybridized carbons (Fsp3) is 0.500. The average Bonchev–Trinajstić information content (AvgIpc) is 2.29. The molecule has 1 aromatic carbocycles. The van der Waals surface area contributed by atoms with Crippen LogP contribution in [0.15, 0.2) is 24.3 Å². The summed E-state index contributed by atoms with van der Waals surface area (Å²) in [5, 5.41) is 0. The zero-order valence-electron chi connectivity index (χ0n) is 9.24. The van der Waals surface area contributed by atoms with E-state index in [9.17, 15) is 0 Å². The van der Waals surface area contributed by atoms with Crippen LogP contribution >= 0.6 is 0 Å². The SMILES string of the molecule is [Li+].[c-]1ccc(COC2CCCCO2)cc1. The van der Waals surface area contributed by atoms with Crippen LogP contribution in [0.3, 0.4) is 0 Å². The molecule has 1 atom stereocenters. The molecular formula is C12H15LiO2. The summed E-state index contributed by atoms with van der Waals surface area (Å²) < 4.78 is 11.1. The standard InChI is InChI=1S/C12H15O2.Li/c1-2-6-11(7-3-1)10-14-12-8-4-5-9-13-12;/h2-3,6-7,12H,4-5,8-10H2;/q-1;+1. The normalized spacial score (nSPS) is 20.7. The van der Waals surface area contributed by atoms with Crippen molar-refractivity contribution in [1.82, 2.24) is 0 Å². The number of hydrogen-bond acceptors (Lipinski definition) is 2. The van der Waals surface area contributed by atoms with Crippen molar-refractivity contribution >= 4 is 0 Å². The number of rotatable bonds is 3. The monoisotopic (exact) mass is 198 g/mol. The van der Waals surface area contributed by atoms with Gasteiger partial charge in [0, 0.05) is 6.61 Å². The molecule has 2 rings (SSSR count). The van der Waals surface area contributed by atoms with Gasteiger partial charge in [0.2, 0.25) is 0 Å². The predicted octanol–water partition coefficient (Wildman–Crippen LogP) is -0.466. The van der Waals surface area contributed by atoms with Crippen LogP contribution in [0.1, 0.15) is 24.8 Å². The third-order valence-corrected chi connectivity index (χ3v) is 2.36. The average molecular weight is 198 g/mol. The van der Waals surface area contributed by atoms with E-state index in [4.69, 9.17) is 9.47 Å². The van der Waals surface area contributed by atoms with E-state index in [-0.39, 0.29) is 25.2 Å². The van der Waals surface area contributed by atoms with Gasteiger partial charge in [-0.15, -0.1) is 5.56 Å². The Morgan fingerprint density at radius 1 is 1.33 bits per heavy atom. The molecule has 1 aromatic rings. The van der Waals surface area contributed by atoms with Gasteiger partial charge in [0.1, 0.15) is 0 Å². The zero-order valence-corrected chi connectivity index (χ0v) is 9.24. The van der Waals surface area contributed by atoms with E-state index in [0.29, 0.717) is 6.61 Å². The Kier molecular flexibility index (Phi) is 6.05. The quantitative estimate of drug-likeness (QED) is 0.483. The van der Waals surface area contributed by atoms with E-state index in [1.807, 2.05) is 24.3 Å². The summed E-state index contributed by atoms with van der Waals surface area (Å²) in [5.74, 6) is 0. The Hall–Kier alpha value is -0.263. The topological polar surface area (TPSA) is 18.5 Å². The molecule has 15 heavy (non-hydrogen) atoms. The maximum absolute atomic E-state index is 5.63. The van der Waals surface area contributed by atoms with E-state index in [1.54, 1.807) is 0 Å². The first-order valence-electron chi connectivity index (χ1n) is 5.13. The molecule has 0 aromatic heterocycles. The molecular weight excluding hydrogens is 183 g/mol. The maximum Gasteiger partial charge on any atom is 1.00 e. The number of ether oxygens (including phenoxy) is 2. The first kappa shape index (κ1) is 12.8. The second-order valence-electron chi connectivity index (χ2n) is 3.52. The van der Waals surface area contributed by atoms with Crippen molar-refractivity contribution in [2.75, 3.05) is 6.61 Å². The Bertz CT molecular complexity index is 258. The minimum Gasteiger partial charge on any atom is -0.353 e. The summed E-state index contributed by atoms with van der Waals surface area (Å²) in [5.41, 5.74) is 1.18. The Balaban J connectivity index is 0.00000112. The summed E-state index contributed by atoms with van der Waals surface area (Å²) >= 11 is 0. The van der Waals surface area contributed by atoms with Gasteiger partial charge in [0.25, 0.3) is 0 Å². The van der Waals surface area contributed by atoms with Crippen LogP contribution in [0, 0.1) is 6.07 Å². The van der Waals surface area contributed by atoms with Crippen molar-refractivity contribution in [3.8, 4) is 0 Å². The van der Waals surface area contributed by atoms with Gasteiger partial charge in [0.15, 0.2) is 6.29 Å². The van der Waals surface area contributed by atoms with Crippen LogP contribution in [0.5, 0.6) is 0 Å². The van der Waals surface area contributed by atoms with Crippen molar-refractivity contribution in [3.63, 3.8) is 0 Å². The third-order valence-electron chi connectivity index (χ3n) is 2.36. The summed E-state index contributed by atoms with van der Waals surface area (Å²) in [6, 6.07) is 10.8. The second kappa shape index (κ2) is 7.08. The molecule has 0 spiro atoms. The molecule has 3 heteroatoms. The molecule has 0 N–H and O–H groups in total. The van der Waals surface area contributed by atoms with Crippen LogP contribution in [0.25, 0.3) is 0 Å². The third kappa shape index (κ3) is 4.40. The van der Waals surface area contributed by atoms with E-state index in [0.717, 1.165) is 13.0 Å². The van der Waals surface area contributed by atoms with Gasteiger partial charge in [-0.2, -0.15) is 30.3 Å². The van der Waals surface area contributed by atoms with Crippen LogP contribution in [0.4, 0.5) is 0 Å². The molecule has 76 valence electrons. The number of hydrogen-bond donors (Lipinski definition) is 0. The molecule has 1 saturated heterocycles. The summed E-state index contributed by atoms with van der Waals surface area (Å²) in [4.78, 5) is 0. The van der Waals surface area contributed by atoms with Crippen LogP contribution in [0.2, 0.25) is 0 Å². The molecule has 0 saturated carbocycles. The van der Waals surface area contributed by atoms with Crippen molar-refractivity contribution in [2.45, 2.75) is 32.2 Å². The van der Waals surface area contributed by atoms with Crippen LogP contribution in [-0.2, 0) is 16.1 Å². The predicted molar refractivity (Wildman–Crippen MR) is 53.7 cm³/mol. The molecule has 1 heterocycles. The second-order valence-corrected chi connectivity index (χ2v) is 3.52. The summed E-state index contributed by atoms with van der Waals surface area (Å²) in [6.45, 7) is 1.48. The molecule has 1 fully saturated rings. The smallest absolute Gasteiger partial charge is 0.353 e. The van der Waals surface area contributed by atoms with Gasteiger partial charge in [-0.1, -0.05) is 0 Å². The Morgan fingerprint density at radius 3 is 2.80 bits per heavy atom. The minimum absolute atomic E-state index is 0. The molecule has 0 amide bonds. The van der Waals surface area contributed by atoms with Crippen molar-refractivity contribution in [1.29, 1.82) is 0 Å². The van der Waals surface area contributed by atoms with Gasteiger partial charge < -0.3 is 9.47 Å². The van der Waals surface area contributed by atoms with E-state index in [1.165, 1.54) is 18.4 Å². The van der Waals surface area contributed by atoms with Crippen molar-refractivity contribution < 1.29 is 28.3 Å². The van der Waals surface area contributed by atoms with E-state index < -0.39 is 0 Å². The van der Waals surface area contributed by atoms with Crippen LogP contribution < -0.4 is 18.9 Å². The minimum atomic E-state index is 0. The molecule has 2 nitrogen and oxygen atoms in total. The molecule has 0 radical (unpaired) electrons. The Morgan fingerprint density at radius 2 is 2.13 bits per heavy atom. The fourth-order valence-corrected chi connectivity index (χ4v) is 1.55. The maximum atomic E-state index is 5.63. The fourth-order valence-electron chi connectivity index (χ4n) is 1.55. The van der Waals surface area contributed by atoms with Gasteiger partial charge >= 0.3 is 18.9 Å².